The Morgan fingerprint density at radius 3 is 2.38 bits per heavy atom. The Labute approximate surface area is 48.1 Å². The topological polar surface area (TPSA) is 52.6 Å². The molecule has 0 aliphatic rings. The van der Waals surface area contributed by atoms with Crippen LogP contribution in [-0.4, -0.2) is 36.9 Å². The number of hydrogen-bond acceptors (Lipinski definition) is 2. The molecule has 0 aromatic rings. The van der Waals surface area contributed by atoms with Crippen LogP contribution in [0.25, 0.3) is 0 Å². The molecule has 48 valence electrons. The summed E-state index contributed by atoms with van der Waals surface area (Å²) in [4.78, 5) is 11.7. The second-order valence-electron chi connectivity index (χ2n) is 1.53. The first-order chi connectivity index (χ1) is 3.68. The van der Waals surface area contributed by atoms with Gasteiger partial charge in [-0.2, -0.15) is 0 Å². The third kappa shape index (κ3) is 2.41. The minimum absolute atomic E-state index is 0.285. The standard InChI is InChI=1S/C4H10N2O2/c1-6(2)4(8)5-3-7/h7H,3H2,1-2H3,(H,5,8). The van der Waals surface area contributed by atoms with Crippen molar-refractivity contribution in [2.24, 2.45) is 0 Å². The van der Waals surface area contributed by atoms with Crippen LogP contribution in [0.2, 0.25) is 0 Å². The number of urea groups is 1. The molecule has 8 heavy (non-hydrogen) atoms. The van der Waals surface area contributed by atoms with Gasteiger partial charge in [0.15, 0.2) is 0 Å². The molecular weight excluding hydrogens is 108 g/mol. The maximum absolute atomic E-state index is 10.4. The maximum atomic E-state index is 10.4. The van der Waals surface area contributed by atoms with Crippen molar-refractivity contribution >= 4 is 6.03 Å². The summed E-state index contributed by atoms with van der Waals surface area (Å²) >= 11 is 0. The summed E-state index contributed by atoms with van der Waals surface area (Å²) in [5.41, 5.74) is 0. The highest BCUT2D eigenvalue weighted by atomic mass is 16.3. The first kappa shape index (κ1) is 7.23. The molecule has 0 saturated carbocycles. The van der Waals surface area contributed by atoms with Gasteiger partial charge in [-0.05, 0) is 0 Å². The maximum Gasteiger partial charge on any atom is 0.318 e. The van der Waals surface area contributed by atoms with E-state index in [0.717, 1.165) is 0 Å². The van der Waals surface area contributed by atoms with Gasteiger partial charge in [0.2, 0.25) is 0 Å². The van der Waals surface area contributed by atoms with Gasteiger partial charge in [-0.1, -0.05) is 0 Å². The molecule has 0 saturated heterocycles. The third-order valence-electron chi connectivity index (χ3n) is 0.636. The molecule has 0 atom stereocenters. The summed E-state index contributed by atoms with van der Waals surface area (Å²) in [5, 5.41) is 10.3. The van der Waals surface area contributed by atoms with Crippen molar-refractivity contribution in [2.75, 3.05) is 20.8 Å². The first-order valence-corrected chi connectivity index (χ1v) is 2.24. The lowest BCUT2D eigenvalue weighted by Gasteiger charge is -2.08. The second kappa shape index (κ2) is 3.26. The van der Waals surface area contributed by atoms with Crippen molar-refractivity contribution in [3.63, 3.8) is 0 Å². The molecule has 0 heterocycles. The highest BCUT2D eigenvalue weighted by Crippen LogP contribution is 1.72. The van der Waals surface area contributed by atoms with Gasteiger partial charge in [-0.15, -0.1) is 0 Å². The molecule has 0 aliphatic carbocycles. The predicted octanol–water partition coefficient (Wildman–Crippen LogP) is -0.793. The molecule has 0 aromatic carbocycles. The van der Waals surface area contributed by atoms with Gasteiger partial charge < -0.3 is 15.3 Å². The Balaban J connectivity index is 3.33. The van der Waals surface area contributed by atoms with Gasteiger partial charge in [0, 0.05) is 14.1 Å². The van der Waals surface area contributed by atoms with Crippen LogP contribution in [0.1, 0.15) is 0 Å². The number of carbonyl (C=O) groups excluding carboxylic acids is 1. The summed E-state index contributed by atoms with van der Waals surface area (Å²) in [7, 11) is 3.20. The smallest absolute Gasteiger partial charge is 0.318 e. The van der Waals surface area contributed by atoms with E-state index in [1.165, 1.54) is 4.90 Å². The molecule has 0 unspecified atom stereocenters. The fourth-order valence-electron chi connectivity index (χ4n) is 0.226. The molecular formula is C4H10N2O2. The van der Waals surface area contributed by atoms with Crippen LogP contribution >= 0.6 is 0 Å². The molecule has 0 spiro atoms. The minimum Gasteiger partial charge on any atom is -0.376 e. The van der Waals surface area contributed by atoms with E-state index in [1.807, 2.05) is 0 Å². The molecule has 4 nitrogen and oxygen atoms in total. The van der Waals surface area contributed by atoms with Crippen LogP contribution in [0.3, 0.4) is 0 Å². The Bertz CT molecular complexity index is 82.1. The lowest BCUT2D eigenvalue weighted by Crippen LogP contribution is -2.34. The van der Waals surface area contributed by atoms with Gasteiger partial charge in [-0.3, -0.25) is 0 Å². The summed E-state index contributed by atoms with van der Waals surface area (Å²) in [6.45, 7) is -0.309. The SMILES string of the molecule is CN(C)C(=O)NCO. The Morgan fingerprint density at radius 2 is 2.25 bits per heavy atom. The molecule has 2 amide bonds. The molecule has 2 N–H and O–H groups in total. The lowest BCUT2D eigenvalue weighted by molar-refractivity contribution is 0.197. The van der Waals surface area contributed by atoms with E-state index in [1.54, 1.807) is 14.1 Å². The number of carbonyl (C=O) groups is 1. The highest BCUT2D eigenvalue weighted by molar-refractivity contribution is 5.73. The zero-order valence-corrected chi connectivity index (χ0v) is 5.01. The van der Waals surface area contributed by atoms with Crippen molar-refractivity contribution in [2.45, 2.75) is 0 Å². The van der Waals surface area contributed by atoms with E-state index in [4.69, 9.17) is 5.11 Å². The summed E-state index contributed by atoms with van der Waals surface area (Å²) in [5.74, 6) is 0. The van der Waals surface area contributed by atoms with E-state index < -0.39 is 0 Å². The van der Waals surface area contributed by atoms with E-state index in [-0.39, 0.29) is 12.8 Å². The Hall–Kier alpha value is -0.770. The van der Waals surface area contributed by atoms with Crippen LogP contribution in [0.4, 0.5) is 4.79 Å². The molecule has 0 bridgehead atoms. The number of aliphatic hydroxyl groups excluding tert-OH is 1. The van der Waals surface area contributed by atoms with E-state index in [0.29, 0.717) is 0 Å². The lowest BCUT2D eigenvalue weighted by atomic mass is 10.8. The second-order valence-corrected chi connectivity index (χ2v) is 1.53. The van der Waals surface area contributed by atoms with Gasteiger partial charge in [0.05, 0.1) is 0 Å². The molecule has 4 heteroatoms. The minimum atomic E-state index is -0.309. The summed E-state index contributed by atoms with van der Waals surface area (Å²) in [6.07, 6.45) is 0. The fourth-order valence-corrected chi connectivity index (χ4v) is 0.226. The van der Waals surface area contributed by atoms with E-state index in [9.17, 15) is 4.79 Å². The largest absolute Gasteiger partial charge is 0.376 e. The number of amides is 2. The number of nitrogens with one attached hydrogen (secondary N) is 1. The summed E-state index contributed by atoms with van der Waals surface area (Å²) in [6, 6.07) is -0.285. The number of aliphatic hydroxyl groups is 1. The van der Waals surface area contributed by atoms with Crippen molar-refractivity contribution in [3.8, 4) is 0 Å². The molecule has 0 aromatic heterocycles. The molecule has 0 radical (unpaired) electrons. The van der Waals surface area contributed by atoms with Crippen LogP contribution < -0.4 is 5.32 Å². The van der Waals surface area contributed by atoms with Crippen LogP contribution in [-0.2, 0) is 0 Å². The van der Waals surface area contributed by atoms with Gasteiger partial charge >= 0.3 is 6.03 Å². The van der Waals surface area contributed by atoms with Crippen molar-refractivity contribution < 1.29 is 9.90 Å². The van der Waals surface area contributed by atoms with Crippen molar-refractivity contribution in [3.05, 3.63) is 0 Å². The normalized spacial score (nSPS) is 8.38. The first-order valence-electron chi connectivity index (χ1n) is 2.24. The van der Waals surface area contributed by atoms with Crippen molar-refractivity contribution in [1.29, 1.82) is 0 Å². The average molecular weight is 118 g/mol. The predicted molar refractivity (Wildman–Crippen MR) is 29.3 cm³/mol. The molecule has 0 aliphatic heterocycles. The third-order valence-corrected chi connectivity index (χ3v) is 0.636. The Kier molecular flexibility index (Phi) is 2.95. The molecule has 0 rings (SSSR count). The van der Waals surface area contributed by atoms with E-state index in [2.05, 4.69) is 5.32 Å². The fraction of sp³-hybridized carbons (Fsp3) is 0.750. The van der Waals surface area contributed by atoms with E-state index >= 15 is 0 Å². The number of rotatable bonds is 1. The number of nitrogens with zero attached hydrogens (tertiary/aromatic N) is 1. The van der Waals surface area contributed by atoms with Crippen LogP contribution in [0, 0.1) is 0 Å². The van der Waals surface area contributed by atoms with Gasteiger partial charge in [-0.25, -0.2) is 4.79 Å². The van der Waals surface area contributed by atoms with Crippen LogP contribution in [0.15, 0.2) is 0 Å². The highest BCUT2D eigenvalue weighted by Gasteiger charge is 1.97. The summed E-state index contributed by atoms with van der Waals surface area (Å²) < 4.78 is 0. The van der Waals surface area contributed by atoms with Crippen LogP contribution in [0.5, 0.6) is 0 Å². The Morgan fingerprint density at radius 1 is 1.75 bits per heavy atom. The zero-order chi connectivity index (χ0) is 6.57. The zero-order valence-electron chi connectivity index (χ0n) is 5.01. The monoisotopic (exact) mass is 118 g/mol. The average Bonchev–Trinajstić information content (AvgIpc) is 1.67. The number of hydrogen-bond donors (Lipinski definition) is 2. The van der Waals surface area contributed by atoms with Crippen molar-refractivity contribution in [1.82, 2.24) is 10.2 Å². The quantitative estimate of drug-likeness (QED) is 0.443. The molecule has 0 fully saturated rings. The van der Waals surface area contributed by atoms with Gasteiger partial charge in [0.1, 0.15) is 6.73 Å². The van der Waals surface area contributed by atoms with Gasteiger partial charge in [0.25, 0.3) is 0 Å².